The summed E-state index contributed by atoms with van der Waals surface area (Å²) < 4.78 is 0. The molecular formula is C11H19N. The zero-order valence-electron chi connectivity index (χ0n) is 7.81. The fraction of sp³-hybridized carbons (Fsp3) is 0.818. The van der Waals surface area contributed by atoms with Gasteiger partial charge in [-0.05, 0) is 31.7 Å². The maximum atomic E-state index is 3.38. The molecule has 1 nitrogen and oxygen atoms in total. The van der Waals surface area contributed by atoms with Gasteiger partial charge in [-0.2, -0.15) is 0 Å². The Morgan fingerprint density at radius 2 is 2.00 bits per heavy atom. The fourth-order valence-corrected chi connectivity index (χ4v) is 2.48. The quantitative estimate of drug-likeness (QED) is 0.589. The van der Waals surface area contributed by atoms with E-state index in [1.165, 1.54) is 45.1 Å². The summed E-state index contributed by atoms with van der Waals surface area (Å²) >= 11 is 0. The zero-order chi connectivity index (χ0) is 8.23. The topological polar surface area (TPSA) is 12.0 Å². The van der Waals surface area contributed by atoms with Crippen molar-refractivity contribution in [2.45, 2.75) is 38.5 Å². The Balaban J connectivity index is 1.92. The lowest BCUT2D eigenvalue weighted by Gasteiger charge is -2.26. The molecule has 0 aromatic heterocycles. The largest absolute Gasteiger partial charge is 0.313 e. The van der Waals surface area contributed by atoms with Gasteiger partial charge in [-0.1, -0.05) is 30.9 Å². The number of nitrogens with one attached hydrogen (secondary N) is 1. The molecule has 0 aromatic carbocycles. The van der Waals surface area contributed by atoms with Crippen molar-refractivity contribution in [1.82, 2.24) is 5.32 Å². The van der Waals surface area contributed by atoms with E-state index >= 15 is 0 Å². The van der Waals surface area contributed by atoms with E-state index in [9.17, 15) is 0 Å². The van der Waals surface area contributed by atoms with E-state index < -0.39 is 0 Å². The normalized spacial score (nSPS) is 26.8. The SMILES string of the molecule is C1=C(C2CCCCC2)CCNC1. The van der Waals surface area contributed by atoms with Crippen molar-refractivity contribution < 1.29 is 0 Å². The summed E-state index contributed by atoms with van der Waals surface area (Å²) in [7, 11) is 0. The van der Waals surface area contributed by atoms with Gasteiger partial charge in [0.05, 0.1) is 0 Å². The van der Waals surface area contributed by atoms with Crippen LogP contribution in [0.5, 0.6) is 0 Å². The van der Waals surface area contributed by atoms with Crippen molar-refractivity contribution >= 4 is 0 Å². The van der Waals surface area contributed by atoms with Crippen molar-refractivity contribution in [3.8, 4) is 0 Å². The summed E-state index contributed by atoms with van der Waals surface area (Å²) in [5.41, 5.74) is 1.76. The van der Waals surface area contributed by atoms with Crippen LogP contribution in [0.1, 0.15) is 38.5 Å². The number of hydrogen-bond donors (Lipinski definition) is 1. The second-order valence-corrected chi connectivity index (χ2v) is 4.07. The highest BCUT2D eigenvalue weighted by molar-refractivity contribution is 5.11. The van der Waals surface area contributed by atoms with Gasteiger partial charge in [0.15, 0.2) is 0 Å². The molecule has 1 heterocycles. The van der Waals surface area contributed by atoms with Crippen LogP contribution in [-0.4, -0.2) is 13.1 Å². The predicted molar refractivity (Wildman–Crippen MR) is 52.1 cm³/mol. The molecule has 0 spiro atoms. The van der Waals surface area contributed by atoms with Crippen molar-refractivity contribution in [2.75, 3.05) is 13.1 Å². The summed E-state index contributed by atoms with van der Waals surface area (Å²) in [5.74, 6) is 0.959. The number of rotatable bonds is 1. The Hall–Kier alpha value is -0.300. The molecule has 1 aliphatic carbocycles. The average Bonchev–Trinajstić information content (AvgIpc) is 2.21. The molecule has 1 aliphatic heterocycles. The smallest absolute Gasteiger partial charge is 0.0137 e. The van der Waals surface area contributed by atoms with Crippen molar-refractivity contribution in [3.63, 3.8) is 0 Å². The van der Waals surface area contributed by atoms with E-state index in [1.807, 2.05) is 0 Å². The Bertz CT molecular complexity index is 166. The zero-order valence-corrected chi connectivity index (χ0v) is 7.81. The molecule has 0 unspecified atom stereocenters. The van der Waals surface area contributed by atoms with Crippen LogP contribution < -0.4 is 5.32 Å². The van der Waals surface area contributed by atoms with Gasteiger partial charge in [-0.15, -0.1) is 0 Å². The second-order valence-electron chi connectivity index (χ2n) is 4.07. The third-order valence-electron chi connectivity index (χ3n) is 3.23. The van der Waals surface area contributed by atoms with E-state index in [0.29, 0.717) is 0 Å². The van der Waals surface area contributed by atoms with Crippen LogP contribution in [-0.2, 0) is 0 Å². The minimum atomic E-state index is 0.959. The summed E-state index contributed by atoms with van der Waals surface area (Å²) in [6.45, 7) is 2.33. The third kappa shape index (κ3) is 1.89. The van der Waals surface area contributed by atoms with E-state index in [-0.39, 0.29) is 0 Å². The lowest BCUT2D eigenvalue weighted by molar-refractivity contribution is 0.389. The molecule has 0 bridgehead atoms. The van der Waals surface area contributed by atoms with Crippen molar-refractivity contribution in [1.29, 1.82) is 0 Å². The monoisotopic (exact) mass is 165 g/mol. The molecule has 2 rings (SSSR count). The van der Waals surface area contributed by atoms with Crippen LogP contribution in [0.2, 0.25) is 0 Å². The minimum absolute atomic E-state index is 0.959. The highest BCUT2D eigenvalue weighted by Gasteiger charge is 2.18. The van der Waals surface area contributed by atoms with Gasteiger partial charge in [-0.3, -0.25) is 0 Å². The van der Waals surface area contributed by atoms with Crippen LogP contribution in [0.3, 0.4) is 0 Å². The van der Waals surface area contributed by atoms with Crippen LogP contribution >= 0.6 is 0 Å². The van der Waals surface area contributed by atoms with Crippen LogP contribution in [0.15, 0.2) is 11.6 Å². The first-order valence-electron chi connectivity index (χ1n) is 5.36. The molecule has 2 aliphatic rings. The molecule has 68 valence electrons. The van der Waals surface area contributed by atoms with Gasteiger partial charge < -0.3 is 5.32 Å². The van der Waals surface area contributed by atoms with Gasteiger partial charge in [-0.25, -0.2) is 0 Å². The highest BCUT2D eigenvalue weighted by atomic mass is 14.8. The first kappa shape index (κ1) is 8.31. The first-order valence-corrected chi connectivity index (χ1v) is 5.36. The number of hydrogen-bond acceptors (Lipinski definition) is 1. The van der Waals surface area contributed by atoms with E-state index in [4.69, 9.17) is 0 Å². The Kier molecular flexibility index (Phi) is 2.83. The molecule has 0 saturated heterocycles. The van der Waals surface area contributed by atoms with Gasteiger partial charge in [0.25, 0.3) is 0 Å². The molecule has 0 aromatic rings. The Morgan fingerprint density at radius 3 is 2.67 bits per heavy atom. The molecule has 0 amide bonds. The first-order chi connectivity index (χ1) is 5.97. The highest BCUT2D eigenvalue weighted by Crippen LogP contribution is 2.31. The van der Waals surface area contributed by atoms with Crippen molar-refractivity contribution in [2.24, 2.45) is 5.92 Å². The standard InChI is InChI=1S/C11H19N/c1-2-4-10(5-3-1)11-6-8-12-9-7-11/h6,10,12H,1-5,7-9H2. The Morgan fingerprint density at radius 1 is 1.17 bits per heavy atom. The van der Waals surface area contributed by atoms with Crippen LogP contribution in [0, 0.1) is 5.92 Å². The molecule has 0 atom stereocenters. The van der Waals surface area contributed by atoms with E-state index in [2.05, 4.69) is 11.4 Å². The third-order valence-corrected chi connectivity index (χ3v) is 3.23. The second kappa shape index (κ2) is 4.08. The lowest BCUT2D eigenvalue weighted by atomic mass is 9.82. The van der Waals surface area contributed by atoms with Gasteiger partial charge in [0, 0.05) is 6.54 Å². The molecule has 1 fully saturated rings. The van der Waals surface area contributed by atoms with Gasteiger partial charge in [0.1, 0.15) is 0 Å². The molecule has 1 N–H and O–H groups in total. The molecule has 1 heteroatoms. The minimum Gasteiger partial charge on any atom is -0.313 e. The summed E-state index contributed by atoms with van der Waals surface area (Å²) in [4.78, 5) is 0. The van der Waals surface area contributed by atoms with Gasteiger partial charge >= 0.3 is 0 Å². The van der Waals surface area contributed by atoms with Crippen molar-refractivity contribution in [3.05, 3.63) is 11.6 Å². The van der Waals surface area contributed by atoms with Crippen LogP contribution in [0.25, 0.3) is 0 Å². The molecule has 0 radical (unpaired) electrons. The maximum absolute atomic E-state index is 3.38. The summed E-state index contributed by atoms with van der Waals surface area (Å²) in [5, 5.41) is 3.38. The maximum Gasteiger partial charge on any atom is 0.0137 e. The van der Waals surface area contributed by atoms with Gasteiger partial charge in [0.2, 0.25) is 0 Å². The van der Waals surface area contributed by atoms with Crippen LogP contribution in [0.4, 0.5) is 0 Å². The summed E-state index contributed by atoms with van der Waals surface area (Å²) in [6.07, 6.45) is 11.1. The Labute approximate surface area is 75.2 Å². The average molecular weight is 165 g/mol. The lowest BCUT2D eigenvalue weighted by Crippen LogP contribution is -2.24. The predicted octanol–water partition coefficient (Wildman–Crippen LogP) is 2.49. The summed E-state index contributed by atoms with van der Waals surface area (Å²) in [6, 6.07) is 0. The molecule has 1 saturated carbocycles. The molecule has 12 heavy (non-hydrogen) atoms. The molecular weight excluding hydrogens is 146 g/mol. The van der Waals surface area contributed by atoms with E-state index in [1.54, 1.807) is 5.57 Å². The van der Waals surface area contributed by atoms with E-state index in [0.717, 1.165) is 12.5 Å². The fourth-order valence-electron chi connectivity index (χ4n) is 2.48.